The van der Waals surface area contributed by atoms with Crippen LogP contribution in [0.3, 0.4) is 0 Å². The minimum atomic E-state index is 0.574. The summed E-state index contributed by atoms with van der Waals surface area (Å²) in [6, 6.07) is 4.24. The van der Waals surface area contributed by atoms with E-state index in [1.54, 1.807) is 11.3 Å². The van der Waals surface area contributed by atoms with Gasteiger partial charge in [-0.15, -0.1) is 11.3 Å². The van der Waals surface area contributed by atoms with E-state index >= 15 is 0 Å². The molecule has 0 spiro atoms. The van der Waals surface area contributed by atoms with Gasteiger partial charge < -0.3 is 5.73 Å². The minimum Gasteiger partial charge on any atom is -0.326 e. The van der Waals surface area contributed by atoms with Crippen molar-refractivity contribution in [1.29, 1.82) is 0 Å². The Morgan fingerprint density at radius 3 is 3.00 bits per heavy atom. The molecule has 2 heterocycles. The molecule has 0 aliphatic heterocycles. The molecule has 0 bridgehead atoms. The number of hydrogen-bond acceptors (Lipinski definition) is 3. The van der Waals surface area contributed by atoms with Gasteiger partial charge in [0.2, 0.25) is 0 Å². The lowest BCUT2D eigenvalue weighted by Crippen LogP contribution is -2.01. The molecule has 0 unspecified atom stereocenters. The first-order chi connectivity index (χ1) is 7.29. The molecule has 2 aromatic heterocycles. The topological polar surface area (TPSA) is 43.8 Å². The summed E-state index contributed by atoms with van der Waals surface area (Å²) in [6.07, 6.45) is 3.09. The fourth-order valence-corrected chi connectivity index (χ4v) is 2.25. The van der Waals surface area contributed by atoms with Crippen molar-refractivity contribution < 1.29 is 0 Å². The monoisotopic (exact) mass is 221 g/mol. The zero-order valence-corrected chi connectivity index (χ0v) is 9.63. The van der Waals surface area contributed by atoms with Gasteiger partial charge in [0, 0.05) is 36.1 Å². The number of nitrogens with zero attached hydrogens (tertiary/aromatic N) is 2. The van der Waals surface area contributed by atoms with Crippen LogP contribution >= 0.6 is 11.3 Å². The Morgan fingerprint density at radius 1 is 1.53 bits per heavy atom. The summed E-state index contributed by atoms with van der Waals surface area (Å²) in [5.74, 6) is 0. The zero-order chi connectivity index (χ0) is 10.7. The van der Waals surface area contributed by atoms with Crippen LogP contribution in [0, 0.1) is 6.92 Å². The lowest BCUT2D eigenvalue weighted by Gasteiger charge is -1.98. The van der Waals surface area contributed by atoms with Crippen molar-refractivity contribution in [3.63, 3.8) is 0 Å². The molecule has 0 amide bonds. The summed E-state index contributed by atoms with van der Waals surface area (Å²) in [5, 5.41) is 6.53. The van der Waals surface area contributed by atoms with Gasteiger partial charge in [-0.25, -0.2) is 0 Å². The highest BCUT2D eigenvalue weighted by Crippen LogP contribution is 2.11. The summed E-state index contributed by atoms with van der Waals surface area (Å²) in [6.45, 7) is 3.51. The SMILES string of the molecule is Cc1nn(CCc2cccs2)cc1CN. The van der Waals surface area contributed by atoms with E-state index in [2.05, 4.69) is 22.6 Å². The Bertz CT molecular complexity index is 417. The normalized spacial score (nSPS) is 10.8. The molecule has 2 N–H and O–H groups in total. The van der Waals surface area contributed by atoms with Crippen LogP contribution in [-0.2, 0) is 19.5 Å². The number of hydrogen-bond donors (Lipinski definition) is 1. The second-order valence-electron chi connectivity index (χ2n) is 3.54. The number of rotatable bonds is 4. The molecule has 0 aromatic carbocycles. The van der Waals surface area contributed by atoms with Crippen LogP contribution in [0.15, 0.2) is 23.7 Å². The van der Waals surface area contributed by atoms with Gasteiger partial charge in [-0.2, -0.15) is 5.10 Å². The van der Waals surface area contributed by atoms with Crippen molar-refractivity contribution in [2.24, 2.45) is 5.73 Å². The highest BCUT2D eigenvalue weighted by Gasteiger charge is 2.02. The van der Waals surface area contributed by atoms with E-state index in [1.807, 2.05) is 17.8 Å². The van der Waals surface area contributed by atoms with Gasteiger partial charge in [-0.05, 0) is 18.4 Å². The third kappa shape index (κ3) is 2.46. The Labute approximate surface area is 93.5 Å². The minimum absolute atomic E-state index is 0.574. The van der Waals surface area contributed by atoms with Gasteiger partial charge in [-0.1, -0.05) is 6.07 Å². The van der Waals surface area contributed by atoms with Crippen molar-refractivity contribution in [2.75, 3.05) is 0 Å². The van der Waals surface area contributed by atoms with E-state index in [9.17, 15) is 0 Å². The summed E-state index contributed by atoms with van der Waals surface area (Å²) in [7, 11) is 0. The lowest BCUT2D eigenvalue weighted by molar-refractivity contribution is 0.613. The van der Waals surface area contributed by atoms with E-state index < -0.39 is 0 Å². The average Bonchev–Trinajstić information content (AvgIpc) is 2.83. The van der Waals surface area contributed by atoms with Gasteiger partial charge in [-0.3, -0.25) is 4.68 Å². The van der Waals surface area contributed by atoms with Gasteiger partial charge in [0.25, 0.3) is 0 Å². The van der Waals surface area contributed by atoms with E-state index in [1.165, 1.54) is 4.88 Å². The molecule has 0 aliphatic carbocycles. The van der Waals surface area contributed by atoms with Crippen LogP contribution in [-0.4, -0.2) is 9.78 Å². The first kappa shape index (κ1) is 10.4. The average molecular weight is 221 g/mol. The smallest absolute Gasteiger partial charge is 0.0638 e. The Morgan fingerprint density at radius 2 is 2.40 bits per heavy atom. The highest BCUT2D eigenvalue weighted by molar-refractivity contribution is 7.09. The highest BCUT2D eigenvalue weighted by atomic mass is 32.1. The molecule has 2 aromatic rings. The maximum Gasteiger partial charge on any atom is 0.0638 e. The van der Waals surface area contributed by atoms with Crippen LogP contribution in [0.2, 0.25) is 0 Å². The molecule has 80 valence electrons. The van der Waals surface area contributed by atoms with Crippen LogP contribution in [0.25, 0.3) is 0 Å². The Balaban J connectivity index is 1.99. The third-order valence-corrected chi connectivity index (χ3v) is 3.37. The van der Waals surface area contributed by atoms with Crippen LogP contribution in [0.4, 0.5) is 0 Å². The summed E-state index contributed by atoms with van der Waals surface area (Å²) in [4.78, 5) is 1.40. The quantitative estimate of drug-likeness (QED) is 0.857. The van der Waals surface area contributed by atoms with Gasteiger partial charge in [0.05, 0.1) is 5.69 Å². The van der Waals surface area contributed by atoms with Crippen molar-refractivity contribution in [3.8, 4) is 0 Å². The van der Waals surface area contributed by atoms with Crippen molar-refractivity contribution >= 4 is 11.3 Å². The first-order valence-electron chi connectivity index (χ1n) is 5.05. The molecule has 0 atom stereocenters. The van der Waals surface area contributed by atoms with Crippen LogP contribution in [0.1, 0.15) is 16.1 Å². The molecule has 3 nitrogen and oxygen atoms in total. The van der Waals surface area contributed by atoms with Gasteiger partial charge >= 0.3 is 0 Å². The molecular formula is C11H15N3S. The van der Waals surface area contributed by atoms with E-state index in [0.717, 1.165) is 24.2 Å². The third-order valence-electron chi connectivity index (χ3n) is 2.44. The number of nitrogens with two attached hydrogens (primary N) is 1. The van der Waals surface area contributed by atoms with Crippen molar-refractivity contribution in [1.82, 2.24) is 9.78 Å². The first-order valence-corrected chi connectivity index (χ1v) is 5.93. The maximum atomic E-state index is 5.60. The van der Waals surface area contributed by atoms with E-state index in [0.29, 0.717) is 6.54 Å². The summed E-state index contributed by atoms with van der Waals surface area (Å²) >= 11 is 1.79. The molecule has 0 aliphatic rings. The lowest BCUT2D eigenvalue weighted by atomic mass is 10.3. The van der Waals surface area contributed by atoms with E-state index in [-0.39, 0.29) is 0 Å². The summed E-state index contributed by atoms with van der Waals surface area (Å²) in [5.41, 5.74) is 7.79. The van der Waals surface area contributed by atoms with Gasteiger partial charge in [0.15, 0.2) is 0 Å². The molecule has 0 saturated heterocycles. The standard InChI is InChI=1S/C11H15N3S/c1-9-10(7-12)8-14(13-9)5-4-11-3-2-6-15-11/h2-3,6,8H,4-5,7,12H2,1H3. The fraction of sp³-hybridized carbons (Fsp3) is 0.364. The fourth-order valence-electron chi connectivity index (χ4n) is 1.55. The second kappa shape index (κ2) is 4.59. The molecular weight excluding hydrogens is 206 g/mol. The molecule has 0 radical (unpaired) electrons. The maximum absolute atomic E-state index is 5.60. The molecule has 15 heavy (non-hydrogen) atoms. The summed E-state index contributed by atoms with van der Waals surface area (Å²) < 4.78 is 1.98. The van der Waals surface area contributed by atoms with Crippen LogP contribution < -0.4 is 5.73 Å². The molecule has 2 rings (SSSR count). The van der Waals surface area contributed by atoms with Gasteiger partial charge in [0.1, 0.15) is 0 Å². The predicted octanol–water partition coefficient (Wildman–Crippen LogP) is 1.95. The van der Waals surface area contributed by atoms with Crippen molar-refractivity contribution in [3.05, 3.63) is 39.8 Å². The van der Waals surface area contributed by atoms with E-state index in [4.69, 9.17) is 5.73 Å². The van der Waals surface area contributed by atoms with Crippen molar-refractivity contribution in [2.45, 2.75) is 26.4 Å². The van der Waals surface area contributed by atoms with Crippen LogP contribution in [0.5, 0.6) is 0 Å². The number of aryl methyl sites for hydroxylation is 3. The largest absolute Gasteiger partial charge is 0.326 e. The number of aromatic nitrogens is 2. The Hall–Kier alpha value is -1.13. The zero-order valence-electron chi connectivity index (χ0n) is 8.81. The molecule has 0 fully saturated rings. The molecule has 4 heteroatoms. The predicted molar refractivity (Wildman–Crippen MR) is 62.9 cm³/mol. The Kier molecular flexibility index (Phi) is 3.18. The second-order valence-corrected chi connectivity index (χ2v) is 4.57. The molecule has 0 saturated carbocycles. The number of thiophene rings is 1.